The summed E-state index contributed by atoms with van der Waals surface area (Å²) in [6.45, 7) is 1.94. The predicted octanol–water partition coefficient (Wildman–Crippen LogP) is 18.1. The fourth-order valence-corrected chi connectivity index (χ4v) is 12.5. The molecule has 0 saturated heterocycles. The largest absolute Gasteiger partial charge is 0.481 e. The van der Waals surface area contributed by atoms with Crippen molar-refractivity contribution in [3.05, 3.63) is 348 Å². The lowest BCUT2D eigenvalue weighted by molar-refractivity contribution is -0.137. The fraction of sp³-hybridized carbons (Fsp3) is 0.0455. The quantitative estimate of drug-likeness (QED) is 0.0551. The fourth-order valence-electron chi connectivity index (χ4n) is 12.5. The number of aromatic carboxylic acids is 6. The molecule has 18 aromatic rings. The number of halogens is 6. The van der Waals surface area contributed by atoms with Gasteiger partial charge in [0.2, 0.25) is 11.8 Å². The van der Waals surface area contributed by atoms with E-state index in [1.165, 1.54) is 82.4 Å². The molecule has 0 spiro atoms. The molecule has 18 rings (SSSR count). The Morgan fingerprint density at radius 3 is 1.07 bits per heavy atom. The van der Waals surface area contributed by atoms with Crippen LogP contribution in [0.25, 0.3) is 99.5 Å². The van der Waals surface area contributed by atoms with Crippen molar-refractivity contribution in [2.75, 3.05) is 14.2 Å². The van der Waals surface area contributed by atoms with Crippen molar-refractivity contribution in [2.24, 2.45) is 0 Å². The number of carboxylic acid groups (broad SMARTS) is 6. The van der Waals surface area contributed by atoms with Gasteiger partial charge in [-0.2, -0.15) is 28.5 Å². The van der Waals surface area contributed by atoms with E-state index in [1.807, 2.05) is 93.8 Å². The molecule has 0 bridgehead atoms. The van der Waals surface area contributed by atoms with Crippen LogP contribution >= 0.6 is 0 Å². The van der Waals surface area contributed by atoms with Crippen LogP contribution in [0.4, 0.5) is 26.3 Å². The van der Waals surface area contributed by atoms with Gasteiger partial charge in [0.15, 0.2) is 11.6 Å². The highest BCUT2D eigenvalue weighted by molar-refractivity contribution is 5.98. The molecule has 0 aliphatic carbocycles. The number of ether oxygens (including phenoxy) is 2. The predicted molar refractivity (Wildman–Crippen MR) is 431 cm³/mol. The molecular formula is C88H62F6N12O14. The van der Waals surface area contributed by atoms with E-state index in [0.717, 1.165) is 85.2 Å². The van der Waals surface area contributed by atoms with E-state index < -0.39 is 59.2 Å². The molecule has 26 nitrogen and oxygen atoms in total. The Morgan fingerprint density at radius 2 is 0.700 bits per heavy atom. The highest BCUT2D eigenvalue weighted by atomic mass is 19.4. The van der Waals surface area contributed by atoms with E-state index in [2.05, 4.69) is 30.2 Å². The van der Waals surface area contributed by atoms with Crippen LogP contribution in [0, 0.1) is 24.4 Å². The standard InChI is InChI=1S/C15H9F3N2O2.2C15H12N2O3.C15H12N2O2.C14H8F2N2O2.C14H9FN2O2/c16-15(17,18)11-2-4-12(5-3-11)20-13-6-1-9(14(21)22)7-10(13)8-19-20;1-20-14-5-3-12(9-16-14)17-7-6-10-8-11(15(18)19)2-4-13(10)17;1-20-14-9-12(4-6-16-14)17-7-5-10-8-11(15(18)19)2-3-13(10)17;1-10-2-4-13(9-16-10)17-7-6-11-8-12(15(18)19)3-5-14(11)17;15-11-3-2-10(6-12(11)16)18-13-4-1-8(14(19)20)5-9(13)7-17-18;15-11-2-1-3-12(7-11)17-13-5-4-9(14(18)19)6-10(13)8-16-17/h1-8H,(H,21,22);2*2-9H,1H3,(H,18,19);2-9H,1H3,(H,18,19);1-7H,(H,19,20);1-8H,(H,18,19). The van der Waals surface area contributed by atoms with Crippen LogP contribution in [0.3, 0.4) is 0 Å². The number of nitrogens with zero attached hydrogens (tertiary/aromatic N) is 12. The molecule has 9 aromatic carbocycles. The van der Waals surface area contributed by atoms with Gasteiger partial charge in [-0.05, 0) is 213 Å². The third-order valence-corrected chi connectivity index (χ3v) is 18.5. The number of methoxy groups -OCH3 is 2. The van der Waals surface area contributed by atoms with E-state index in [-0.39, 0.29) is 33.6 Å². The first kappa shape index (κ1) is 81.5. The van der Waals surface area contributed by atoms with E-state index in [0.29, 0.717) is 61.6 Å². The maximum Gasteiger partial charge on any atom is 0.416 e. The molecule has 0 aliphatic rings. The summed E-state index contributed by atoms with van der Waals surface area (Å²) in [5, 5.41) is 70.7. The van der Waals surface area contributed by atoms with Crippen LogP contribution in [0.2, 0.25) is 0 Å². The molecule has 6 N–H and O–H groups in total. The van der Waals surface area contributed by atoms with Crippen molar-refractivity contribution in [3.63, 3.8) is 0 Å². The van der Waals surface area contributed by atoms with E-state index >= 15 is 0 Å². The first-order chi connectivity index (χ1) is 57.6. The minimum absolute atomic E-state index is 0.125. The zero-order valence-corrected chi connectivity index (χ0v) is 62.7. The average Bonchev–Trinajstić information content (AvgIpc) is 1.72. The van der Waals surface area contributed by atoms with Gasteiger partial charge >= 0.3 is 42.0 Å². The number of benzene rings is 9. The second kappa shape index (κ2) is 35.1. The molecule has 0 unspecified atom stereocenters. The number of carbonyl (C=O) groups is 6. The first-order valence-corrected chi connectivity index (χ1v) is 35.6. The summed E-state index contributed by atoms with van der Waals surface area (Å²) in [4.78, 5) is 78.1. The summed E-state index contributed by atoms with van der Waals surface area (Å²) in [6.07, 6.45) is 11.0. The van der Waals surface area contributed by atoms with Crippen molar-refractivity contribution >= 4 is 101 Å². The Balaban J connectivity index is 0.000000125. The van der Waals surface area contributed by atoms with Crippen molar-refractivity contribution in [3.8, 4) is 45.9 Å². The normalized spacial score (nSPS) is 10.9. The smallest absolute Gasteiger partial charge is 0.416 e. The monoisotopic (exact) mass is 1620 g/mol. The molecule has 600 valence electrons. The lowest BCUT2D eigenvalue weighted by Gasteiger charge is -2.08. The van der Waals surface area contributed by atoms with Crippen molar-refractivity contribution in [1.82, 2.24) is 58.0 Å². The molecule has 0 aliphatic heterocycles. The van der Waals surface area contributed by atoms with Gasteiger partial charge in [0.05, 0.1) is 151 Å². The third kappa shape index (κ3) is 18.3. The van der Waals surface area contributed by atoms with E-state index in [4.69, 9.17) is 40.1 Å². The lowest BCUT2D eigenvalue weighted by atomic mass is 10.1. The summed E-state index contributed by atoms with van der Waals surface area (Å²) in [5.74, 6) is -6.99. The van der Waals surface area contributed by atoms with Crippen molar-refractivity contribution in [2.45, 2.75) is 13.1 Å². The molecule has 0 fully saturated rings. The van der Waals surface area contributed by atoms with Gasteiger partial charge < -0.3 is 53.8 Å². The number of hydrogen-bond donors (Lipinski definition) is 6. The second-order valence-electron chi connectivity index (χ2n) is 26.1. The van der Waals surface area contributed by atoms with Gasteiger partial charge in [0.1, 0.15) is 5.82 Å². The molecular weight excluding hydrogens is 1560 g/mol. The number of fused-ring (bicyclic) bond motifs is 6. The first-order valence-electron chi connectivity index (χ1n) is 35.6. The summed E-state index contributed by atoms with van der Waals surface area (Å²) >= 11 is 0. The summed E-state index contributed by atoms with van der Waals surface area (Å²) in [6, 6.07) is 60.0. The second-order valence-corrected chi connectivity index (χ2v) is 26.1. The Labute approximate surface area is 673 Å². The molecule has 0 amide bonds. The minimum atomic E-state index is -4.39. The van der Waals surface area contributed by atoms with Gasteiger partial charge in [-0.25, -0.2) is 66.0 Å². The van der Waals surface area contributed by atoms with Crippen molar-refractivity contribution in [1.29, 1.82) is 0 Å². The molecule has 9 aromatic heterocycles. The van der Waals surface area contributed by atoms with Gasteiger partial charge in [0, 0.05) is 81.0 Å². The SMILES string of the molecule is COc1cc(-n2ccc3cc(C(=O)O)ccc32)ccn1.COc1ccc(-n2ccc3cc(C(=O)O)ccc32)cn1.Cc1ccc(-n2ccc3cc(C(=O)O)ccc32)cn1.O=C(O)c1ccc2c(cnn2-c2ccc(C(F)(F)F)cc2)c1.O=C(O)c1ccc2c(cnn2-c2ccc(F)c(F)c2)c1.O=C(O)c1ccc2c(cnn2-c2cccc(F)c2)c1. The summed E-state index contributed by atoms with van der Waals surface area (Å²) < 4.78 is 97.6. The van der Waals surface area contributed by atoms with Crippen LogP contribution in [-0.2, 0) is 6.18 Å². The number of alkyl halides is 3. The van der Waals surface area contributed by atoms with Gasteiger partial charge in [-0.1, -0.05) is 6.07 Å². The van der Waals surface area contributed by atoms with Gasteiger partial charge in [-0.3, -0.25) is 4.98 Å². The molecule has 0 saturated carbocycles. The molecule has 0 radical (unpaired) electrons. The number of pyridine rings is 3. The summed E-state index contributed by atoms with van der Waals surface area (Å²) in [7, 11) is 3.14. The Kier molecular flexibility index (Phi) is 23.8. The number of hydrogen-bond acceptors (Lipinski definition) is 14. The van der Waals surface area contributed by atoms with Crippen LogP contribution in [0.1, 0.15) is 73.4 Å². The number of carboxylic acids is 6. The number of aromatic nitrogens is 12. The molecule has 9 heterocycles. The third-order valence-electron chi connectivity index (χ3n) is 18.5. The molecule has 0 atom stereocenters. The lowest BCUT2D eigenvalue weighted by Crippen LogP contribution is -2.05. The van der Waals surface area contributed by atoms with Crippen LogP contribution in [0.15, 0.2) is 286 Å². The highest BCUT2D eigenvalue weighted by Gasteiger charge is 2.30. The zero-order chi connectivity index (χ0) is 85.2. The maximum absolute atomic E-state index is 13.2. The van der Waals surface area contributed by atoms with Gasteiger partial charge in [0.25, 0.3) is 0 Å². The Morgan fingerprint density at radius 1 is 0.325 bits per heavy atom. The van der Waals surface area contributed by atoms with E-state index in [9.17, 15) is 55.1 Å². The van der Waals surface area contributed by atoms with Crippen molar-refractivity contribution < 1.29 is 95.2 Å². The topological polar surface area (TPSA) is 349 Å². The van der Waals surface area contributed by atoms with Crippen LogP contribution in [-0.4, -0.2) is 139 Å². The number of aryl methyl sites for hydroxylation is 1. The zero-order valence-electron chi connectivity index (χ0n) is 62.7. The van der Waals surface area contributed by atoms with Gasteiger partial charge in [-0.15, -0.1) is 0 Å². The van der Waals surface area contributed by atoms with E-state index in [1.54, 1.807) is 135 Å². The maximum atomic E-state index is 13.2. The van der Waals surface area contributed by atoms with Crippen LogP contribution < -0.4 is 9.47 Å². The highest BCUT2D eigenvalue weighted by Crippen LogP contribution is 2.32. The average molecular weight is 1630 g/mol. The minimum Gasteiger partial charge on any atom is -0.481 e. The Bertz CT molecular complexity index is 6920. The number of rotatable bonds is 14. The molecule has 120 heavy (non-hydrogen) atoms. The summed E-state index contributed by atoms with van der Waals surface area (Å²) in [5.41, 5.74) is 10.5. The molecule has 32 heteroatoms. The Hall–Kier alpha value is -16.5. The van der Waals surface area contributed by atoms with Crippen LogP contribution in [0.5, 0.6) is 11.8 Å².